The quantitative estimate of drug-likeness (QED) is 0.796. The van der Waals surface area contributed by atoms with Gasteiger partial charge in [-0.3, -0.25) is 9.59 Å². The van der Waals surface area contributed by atoms with E-state index < -0.39 is 0 Å². The van der Waals surface area contributed by atoms with Gasteiger partial charge in [-0.05, 0) is 11.6 Å². The first kappa shape index (κ1) is 14.0. The summed E-state index contributed by atoms with van der Waals surface area (Å²) >= 11 is 0. The van der Waals surface area contributed by atoms with Crippen molar-refractivity contribution in [1.82, 2.24) is 15.1 Å². The lowest BCUT2D eigenvalue weighted by Gasteiger charge is -2.07. The van der Waals surface area contributed by atoms with Crippen molar-refractivity contribution in [2.75, 3.05) is 0 Å². The lowest BCUT2D eigenvalue weighted by molar-refractivity contribution is -0.122. The fourth-order valence-corrected chi connectivity index (χ4v) is 2.23. The molecule has 0 radical (unpaired) electrons. The molecule has 22 heavy (non-hydrogen) atoms. The molecule has 3 rings (SSSR count). The zero-order valence-electron chi connectivity index (χ0n) is 11.9. The van der Waals surface area contributed by atoms with Crippen molar-refractivity contribution < 1.29 is 4.79 Å². The Morgan fingerprint density at radius 3 is 2.59 bits per heavy atom. The molecule has 0 saturated carbocycles. The first-order valence-electron chi connectivity index (χ1n) is 6.99. The number of amides is 1. The van der Waals surface area contributed by atoms with Crippen molar-refractivity contribution in [3.05, 3.63) is 76.7 Å². The molecule has 0 bridgehead atoms. The topological polar surface area (TPSA) is 64.0 Å². The van der Waals surface area contributed by atoms with Crippen LogP contribution in [-0.2, 0) is 17.9 Å². The minimum atomic E-state index is -0.257. The average Bonchev–Trinajstić information content (AvgIpc) is 2.57. The highest BCUT2D eigenvalue weighted by Gasteiger charge is 2.08. The van der Waals surface area contributed by atoms with Crippen LogP contribution in [0.3, 0.4) is 0 Å². The van der Waals surface area contributed by atoms with Crippen molar-refractivity contribution in [3.63, 3.8) is 0 Å². The number of hydrogen-bond acceptors (Lipinski definition) is 3. The van der Waals surface area contributed by atoms with Gasteiger partial charge < -0.3 is 5.32 Å². The Hall–Kier alpha value is -2.95. The molecule has 0 atom stereocenters. The number of nitrogens with one attached hydrogen (secondary N) is 1. The van der Waals surface area contributed by atoms with E-state index in [0.717, 1.165) is 10.9 Å². The molecule has 3 aromatic rings. The highest BCUT2D eigenvalue weighted by Crippen LogP contribution is 2.06. The Morgan fingerprint density at radius 1 is 1.05 bits per heavy atom. The maximum Gasteiger partial charge on any atom is 0.275 e. The van der Waals surface area contributed by atoms with E-state index >= 15 is 0 Å². The molecule has 0 spiro atoms. The Morgan fingerprint density at radius 2 is 1.77 bits per heavy atom. The van der Waals surface area contributed by atoms with Crippen molar-refractivity contribution in [2.24, 2.45) is 0 Å². The molecule has 0 unspecified atom stereocenters. The van der Waals surface area contributed by atoms with Gasteiger partial charge in [0.1, 0.15) is 6.54 Å². The van der Waals surface area contributed by atoms with Gasteiger partial charge in [-0.2, -0.15) is 5.10 Å². The monoisotopic (exact) mass is 293 g/mol. The van der Waals surface area contributed by atoms with Crippen LogP contribution in [0.5, 0.6) is 0 Å². The summed E-state index contributed by atoms with van der Waals surface area (Å²) in [5.74, 6) is -0.242. The van der Waals surface area contributed by atoms with Crippen LogP contribution >= 0.6 is 0 Å². The smallest absolute Gasteiger partial charge is 0.275 e. The van der Waals surface area contributed by atoms with Crippen molar-refractivity contribution >= 4 is 16.7 Å². The summed E-state index contributed by atoms with van der Waals surface area (Å²) in [6, 6.07) is 16.8. The molecule has 0 fully saturated rings. The van der Waals surface area contributed by atoms with Gasteiger partial charge in [-0.25, -0.2) is 4.68 Å². The Kier molecular flexibility index (Phi) is 3.96. The van der Waals surface area contributed by atoms with E-state index in [1.807, 2.05) is 42.5 Å². The van der Waals surface area contributed by atoms with Gasteiger partial charge in [0.05, 0.1) is 11.6 Å². The van der Waals surface area contributed by atoms with Gasteiger partial charge in [-0.1, -0.05) is 48.5 Å². The maximum absolute atomic E-state index is 12.3. The normalized spacial score (nSPS) is 10.5. The molecule has 0 aliphatic heterocycles. The largest absolute Gasteiger partial charge is 0.350 e. The lowest BCUT2D eigenvalue weighted by atomic mass is 10.2. The zero-order valence-corrected chi connectivity index (χ0v) is 11.9. The van der Waals surface area contributed by atoms with E-state index in [9.17, 15) is 9.59 Å². The van der Waals surface area contributed by atoms with Crippen molar-refractivity contribution in [1.29, 1.82) is 0 Å². The zero-order chi connectivity index (χ0) is 15.4. The van der Waals surface area contributed by atoms with E-state index in [0.29, 0.717) is 11.9 Å². The summed E-state index contributed by atoms with van der Waals surface area (Å²) < 4.78 is 1.18. The number of benzene rings is 2. The van der Waals surface area contributed by atoms with Crippen LogP contribution in [0.1, 0.15) is 5.56 Å². The number of hydrogen-bond donors (Lipinski definition) is 1. The lowest BCUT2D eigenvalue weighted by Crippen LogP contribution is -2.33. The van der Waals surface area contributed by atoms with Crippen LogP contribution in [-0.4, -0.2) is 15.7 Å². The first-order chi connectivity index (χ1) is 10.7. The number of carbonyl (C=O) groups excluding carboxylic acids is 1. The average molecular weight is 293 g/mol. The number of nitrogens with zero attached hydrogens (tertiary/aromatic N) is 2. The standard InChI is InChI=1S/C17H15N3O2/c21-16(18-10-13-6-2-1-3-7-13)12-20-17(22)15-9-5-4-8-14(15)11-19-20/h1-9,11H,10,12H2,(H,18,21). The minimum absolute atomic E-state index is 0.0868. The first-order valence-corrected chi connectivity index (χ1v) is 6.99. The van der Waals surface area contributed by atoms with E-state index in [4.69, 9.17) is 0 Å². The number of rotatable bonds is 4. The Bertz CT molecular complexity index is 856. The van der Waals surface area contributed by atoms with Gasteiger partial charge in [0.25, 0.3) is 5.56 Å². The van der Waals surface area contributed by atoms with Gasteiger partial charge in [-0.15, -0.1) is 0 Å². The van der Waals surface area contributed by atoms with Crippen LogP contribution in [0.15, 0.2) is 65.6 Å². The molecule has 1 N–H and O–H groups in total. The van der Waals surface area contributed by atoms with E-state index in [1.165, 1.54) is 4.68 Å². The molecule has 5 nitrogen and oxygen atoms in total. The molecule has 0 aliphatic rings. The summed E-state index contributed by atoms with van der Waals surface area (Å²) in [6.07, 6.45) is 1.60. The second kappa shape index (κ2) is 6.22. The van der Waals surface area contributed by atoms with Gasteiger partial charge in [0.2, 0.25) is 5.91 Å². The highest BCUT2D eigenvalue weighted by atomic mass is 16.2. The second-order valence-corrected chi connectivity index (χ2v) is 4.96. The van der Waals surface area contributed by atoms with Crippen molar-refractivity contribution in [3.8, 4) is 0 Å². The van der Waals surface area contributed by atoms with Crippen molar-refractivity contribution in [2.45, 2.75) is 13.1 Å². The molecule has 110 valence electrons. The van der Waals surface area contributed by atoms with E-state index in [1.54, 1.807) is 18.3 Å². The molecule has 1 heterocycles. The van der Waals surface area contributed by atoms with Crippen LogP contribution in [0.25, 0.3) is 10.8 Å². The van der Waals surface area contributed by atoms with Gasteiger partial charge >= 0.3 is 0 Å². The van der Waals surface area contributed by atoms with E-state index in [-0.39, 0.29) is 18.0 Å². The van der Waals surface area contributed by atoms with E-state index in [2.05, 4.69) is 10.4 Å². The number of aromatic nitrogens is 2. The Balaban J connectivity index is 1.72. The molecule has 1 aromatic heterocycles. The number of fused-ring (bicyclic) bond motifs is 1. The minimum Gasteiger partial charge on any atom is -0.350 e. The predicted octanol–water partition coefficient (Wildman–Crippen LogP) is 1.71. The van der Waals surface area contributed by atoms with Gasteiger partial charge in [0, 0.05) is 11.9 Å². The van der Waals surface area contributed by atoms with Crippen LogP contribution < -0.4 is 10.9 Å². The summed E-state index contributed by atoms with van der Waals surface area (Å²) in [5.41, 5.74) is 0.752. The summed E-state index contributed by atoms with van der Waals surface area (Å²) in [5, 5.41) is 8.16. The molecule has 0 saturated heterocycles. The maximum atomic E-state index is 12.3. The second-order valence-electron chi connectivity index (χ2n) is 4.96. The molecule has 0 aliphatic carbocycles. The molecular weight excluding hydrogens is 278 g/mol. The Labute approximate surface area is 127 Å². The van der Waals surface area contributed by atoms with Crippen LogP contribution in [0.4, 0.5) is 0 Å². The molecule has 2 aromatic carbocycles. The fourth-order valence-electron chi connectivity index (χ4n) is 2.23. The van der Waals surface area contributed by atoms with Crippen LogP contribution in [0, 0.1) is 0 Å². The van der Waals surface area contributed by atoms with Crippen LogP contribution in [0.2, 0.25) is 0 Å². The summed E-state index contributed by atoms with van der Waals surface area (Å²) in [4.78, 5) is 24.2. The third-order valence-electron chi connectivity index (χ3n) is 3.39. The summed E-state index contributed by atoms with van der Waals surface area (Å²) in [7, 11) is 0. The molecular formula is C17H15N3O2. The highest BCUT2D eigenvalue weighted by molar-refractivity contribution is 5.81. The third-order valence-corrected chi connectivity index (χ3v) is 3.39. The van der Waals surface area contributed by atoms with Gasteiger partial charge in [0.15, 0.2) is 0 Å². The summed E-state index contributed by atoms with van der Waals surface area (Å²) in [6.45, 7) is 0.346. The molecule has 5 heteroatoms. The number of carbonyl (C=O) groups is 1. The third kappa shape index (κ3) is 3.03. The fraction of sp³-hybridized carbons (Fsp3) is 0.118. The molecule has 1 amide bonds. The predicted molar refractivity (Wildman–Crippen MR) is 84.3 cm³/mol. The SMILES string of the molecule is O=C(Cn1ncc2ccccc2c1=O)NCc1ccccc1.